The van der Waals surface area contributed by atoms with Gasteiger partial charge in [-0.05, 0) is 17.7 Å². The van der Waals surface area contributed by atoms with Gasteiger partial charge in [-0.3, -0.25) is 10.1 Å². The fourth-order valence-electron chi connectivity index (χ4n) is 1.29. The number of oxime groups is 1. The van der Waals surface area contributed by atoms with E-state index in [0.717, 1.165) is 0 Å². The largest absolute Gasteiger partial charge is 0.411 e. The second-order valence-electron chi connectivity index (χ2n) is 3.61. The third-order valence-electron chi connectivity index (χ3n) is 2.30. The highest BCUT2D eigenvalue weighted by Gasteiger charge is 2.32. The van der Waals surface area contributed by atoms with Gasteiger partial charge < -0.3 is 10.3 Å². The number of rotatable bonds is 4. The minimum absolute atomic E-state index is 0.0497. The summed E-state index contributed by atoms with van der Waals surface area (Å²) in [5, 5.41) is 32.0. The molecule has 0 bridgehead atoms. The maximum Gasteiger partial charge on any atom is 0.269 e. The molecule has 0 heterocycles. The Kier molecular flexibility index (Phi) is 5.37. The zero-order valence-corrected chi connectivity index (χ0v) is 11.6. The first-order valence-electron chi connectivity index (χ1n) is 4.96. The monoisotopic (exact) mass is 326 g/mol. The van der Waals surface area contributed by atoms with E-state index in [1.54, 1.807) is 0 Å². The van der Waals surface area contributed by atoms with E-state index in [1.165, 1.54) is 24.3 Å². The van der Waals surface area contributed by atoms with E-state index in [-0.39, 0.29) is 17.8 Å². The Morgan fingerprint density at radius 2 is 1.89 bits per heavy atom. The quantitative estimate of drug-likeness (QED) is 0.292. The van der Waals surface area contributed by atoms with Gasteiger partial charge in [-0.15, -0.1) is 0 Å². The van der Waals surface area contributed by atoms with E-state index >= 15 is 0 Å². The highest BCUT2D eigenvalue weighted by Crippen LogP contribution is 2.32. The first kappa shape index (κ1) is 16.0. The number of hydrogen-bond acceptors (Lipinski definition) is 5. The Hall–Kier alpha value is -1.08. The van der Waals surface area contributed by atoms with Gasteiger partial charge in [-0.1, -0.05) is 40.0 Å². The molecule has 19 heavy (non-hydrogen) atoms. The number of nitro groups is 1. The summed E-state index contributed by atoms with van der Waals surface area (Å²) in [5.41, 5.74) is 0.318. The molecule has 0 spiro atoms. The van der Waals surface area contributed by atoms with Crippen molar-refractivity contribution < 1.29 is 15.2 Å². The van der Waals surface area contributed by atoms with E-state index in [4.69, 9.17) is 40.0 Å². The zero-order valence-electron chi connectivity index (χ0n) is 9.33. The minimum Gasteiger partial charge on any atom is -0.411 e. The SMILES string of the molecule is O=[N+]([O-])c1ccc(C(C[C@@H](O)C(Cl)(Cl)Cl)=NO)cc1. The van der Waals surface area contributed by atoms with Crippen LogP contribution in [0.4, 0.5) is 5.69 Å². The van der Waals surface area contributed by atoms with Gasteiger partial charge in [-0.25, -0.2) is 0 Å². The molecule has 2 N–H and O–H groups in total. The van der Waals surface area contributed by atoms with Crippen molar-refractivity contribution in [1.29, 1.82) is 0 Å². The molecule has 0 saturated heterocycles. The highest BCUT2D eigenvalue weighted by molar-refractivity contribution is 6.68. The third-order valence-corrected chi connectivity index (χ3v) is 3.05. The number of nitrogens with zero attached hydrogens (tertiary/aromatic N) is 2. The number of aliphatic hydroxyl groups is 1. The van der Waals surface area contributed by atoms with Crippen LogP contribution < -0.4 is 0 Å². The summed E-state index contributed by atoms with van der Waals surface area (Å²) in [6.07, 6.45) is -1.59. The van der Waals surface area contributed by atoms with Gasteiger partial charge in [0.25, 0.3) is 5.69 Å². The minimum atomic E-state index is -1.92. The van der Waals surface area contributed by atoms with Gasteiger partial charge >= 0.3 is 0 Å². The molecule has 0 saturated carbocycles. The summed E-state index contributed by atoms with van der Waals surface area (Å²) >= 11 is 16.5. The van der Waals surface area contributed by atoms with Crippen molar-refractivity contribution in [3.63, 3.8) is 0 Å². The van der Waals surface area contributed by atoms with E-state index in [1.807, 2.05) is 0 Å². The molecule has 1 atom stereocenters. The summed E-state index contributed by atoms with van der Waals surface area (Å²) < 4.78 is -1.92. The predicted molar refractivity (Wildman–Crippen MR) is 72.3 cm³/mol. The molecule has 0 aliphatic carbocycles. The number of non-ortho nitro benzene ring substituents is 1. The van der Waals surface area contributed by atoms with Crippen LogP contribution in [0.2, 0.25) is 0 Å². The van der Waals surface area contributed by atoms with Crippen molar-refractivity contribution in [2.24, 2.45) is 5.16 Å². The fourth-order valence-corrected chi connectivity index (χ4v) is 1.52. The zero-order chi connectivity index (χ0) is 14.6. The summed E-state index contributed by atoms with van der Waals surface area (Å²) in [5.74, 6) is 0. The molecule has 0 amide bonds. The number of aliphatic hydroxyl groups excluding tert-OH is 1. The normalized spacial score (nSPS) is 14.2. The molecule has 104 valence electrons. The van der Waals surface area contributed by atoms with Crippen molar-refractivity contribution in [2.75, 3.05) is 0 Å². The van der Waals surface area contributed by atoms with Gasteiger partial charge in [0.1, 0.15) is 6.10 Å². The molecule has 0 aliphatic rings. The lowest BCUT2D eigenvalue weighted by Crippen LogP contribution is -2.28. The molecular weight excluding hydrogens is 318 g/mol. The molecule has 0 aliphatic heterocycles. The average Bonchev–Trinajstić information content (AvgIpc) is 2.34. The molecule has 0 fully saturated rings. The van der Waals surface area contributed by atoms with Crippen LogP contribution in [0.15, 0.2) is 29.4 Å². The molecule has 0 unspecified atom stereocenters. The first-order chi connectivity index (χ1) is 8.75. The second-order valence-corrected chi connectivity index (χ2v) is 5.98. The Labute approximate surface area is 123 Å². The van der Waals surface area contributed by atoms with E-state index < -0.39 is 14.8 Å². The van der Waals surface area contributed by atoms with Crippen molar-refractivity contribution >= 4 is 46.2 Å². The Balaban J connectivity index is 2.90. The molecular formula is C10H9Cl3N2O4. The lowest BCUT2D eigenvalue weighted by molar-refractivity contribution is -0.384. The van der Waals surface area contributed by atoms with Crippen LogP contribution in [-0.2, 0) is 0 Å². The number of alkyl halides is 3. The lowest BCUT2D eigenvalue weighted by Gasteiger charge is -2.19. The summed E-state index contributed by atoms with van der Waals surface area (Å²) in [4.78, 5) is 9.93. The van der Waals surface area contributed by atoms with Crippen molar-refractivity contribution in [2.45, 2.75) is 16.3 Å². The van der Waals surface area contributed by atoms with Crippen molar-refractivity contribution in [3.8, 4) is 0 Å². The molecule has 0 radical (unpaired) electrons. The smallest absolute Gasteiger partial charge is 0.269 e. The van der Waals surface area contributed by atoms with Gasteiger partial charge in [0, 0.05) is 18.6 Å². The maximum absolute atomic E-state index is 10.5. The Morgan fingerprint density at radius 1 is 1.37 bits per heavy atom. The topological polar surface area (TPSA) is 96.0 Å². The van der Waals surface area contributed by atoms with Gasteiger partial charge in [-0.2, -0.15) is 0 Å². The number of halogens is 3. The van der Waals surface area contributed by atoms with Crippen LogP contribution in [0.25, 0.3) is 0 Å². The van der Waals surface area contributed by atoms with Crippen LogP contribution in [-0.4, -0.2) is 30.8 Å². The van der Waals surface area contributed by atoms with Crippen LogP contribution >= 0.6 is 34.8 Å². The van der Waals surface area contributed by atoms with Gasteiger partial charge in [0.05, 0.1) is 10.6 Å². The molecule has 6 nitrogen and oxygen atoms in total. The van der Waals surface area contributed by atoms with E-state index in [2.05, 4.69) is 5.16 Å². The van der Waals surface area contributed by atoms with Crippen LogP contribution in [0.3, 0.4) is 0 Å². The molecule has 0 aromatic heterocycles. The number of hydrogen-bond donors (Lipinski definition) is 2. The number of nitro benzene ring substituents is 1. The third kappa shape index (κ3) is 4.50. The standard InChI is InChI=1S/C10H9Cl3N2O4/c11-10(12,13)9(16)5-8(14-17)6-1-3-7(4-2-6)15(18)19/h1-4,9,16-17H,5H2/t9-/m1/s1. The van der Waals surface area contributed by atoms with Crippen LogP contribution in [0, 0.1) is 10.1 Å². The summed E-state index contributed by atoms with van der Waals surface area (Å²) in [6.45, 7) is 0. The Morgan fingerprint density at radius 3 is 2.26 bits per heavy atom. The molecule has 1 aromatic carbocycles. The van der Waals surface area contributed by atoms with Crippen molar-refractivity contribution in [3.05, 3.63) is 39.9 Å². The molecule has 9 heteroatoms. The summed E-state index contributed by atoms with van der Waals surface area (Å²) in [6, 6.07) is 5.22. The molecule has 1 aromatic rings. The second kappa shape index (κ2) is 6.38. The fraction of sp³-hybridized carbons (Fsp3) is 0.300. The first-order valence-corrected chi connectivity index (χ1v) is 6.09. The van der Waals surface area contributed by atoms with Gasteiger partial charge in [0.15, 0.2) is 0 Å². The maximum atomic E-state index is 10.5. The predicted octanol–water partition coefficient (Wildman–Crippen LogP) is 2.89. The summed E-state index contributed by atoms with van der Waals surface area (Å²) in [7, 11) is 0. The van der Waals surface area contributed by atoms with Gasteiger partial charge in [0.2, 0.25) is 3.79 Å². The Bertz CT molecular complexity index is 485. The van der Waals surface area contributed by atoms with E-state index in [9.17, 15) is 15.2 Å². The van der Waals surface area contributed by atoms with Crippen LogP contribution in [0.5, 0.6) is 0 Å². The number of benzene rings is 1. The highest BCUT2D eigenvalue weighted by atomic mass is 35.6. The van der Waals surface area contributed by atoms with Crippen molar-refractivity contribution in [1.82, 2.24) is 0 Å². The van der Waals surface area contributed by atoms with Crippen LogP contribution in [0.1, 0.15) is 12.0 Å². The lowest BCUT2D eigenvalue weighted by atomic mass is 10.0. The van der Waals surface area contributed by atoms with E-state index in [0.29, 0.717) is 5.56 Å². The average molecular weight is 328 g/mol. The molecule has 1 rings (SSSR count).